The fourth-order valence-corrected chi connectivity index (χ4v) is 3.46. The number of ether oxygens (including phenoxy) is 1. The molecule has 1 fully saturated rings. The van der Waals surface area contributed by atoms with Gasteiger partial charge in [0.05, 0.1) is 43.2 Å². The minimum atomic E-state index is -0.186. The van der Waals surface area contributed by atoms with E-state index in [1.807, 2.05) is 6.33 Å². The lowest BCUT2D eigenvalue weighted by Gasteiger charge is -2.29. The second kappa shape index (κ2) is 8.86. The quantitative estimate of drug-likeness (QED) is 0.804. The zero-order valence-corrected chi connectivity index (χ0v) is 16.6. The van der Waals surface area contributed by atoms with Gasteiger partial charge in [0.25, 0.3) is 0 Å². The summed E-state index contributed by atoms with van der Waals surface area (Å²) in [6, 6.07) is 0.386. The van der Waals surface area contributed by atoms with Gasteiger partial charge in [0, 0.05) is 25.6 Å². The van der Waals surface area contributed by atoms with Gasteiger partial charge in [-0.3, -0.25) is 0 Å². The van der Waals surface area contributed by atoms with E-state index in [9.17, 15) is 0 Å². The molecule has 2 aromatic heterocycles. The predicted octanol–water partition coefficient (Wildman–Crippen LogP) is 2.21. The van der Waals surface area contributed by atoms with Gasteiger partial charge in [-0.05, 0) is 26.7 Å². The molecule has 1 saturated heterocycles. The maximum atomic E-state index is 8.78. The van der Waals surface area contributed by atoms with Crippen molar-refractivity contribution in [3.05, 3.63) is 28.9 Å². The number of nitrogen functional groups attached to an aromatic ring is 1. The van der Waals surface area contributed by atoms with Crippen LogP contribution in [0.2, 0.25) is 5.02 Å². The second-order valence-electron chi connectivity index (χ2n) is 7.08. The number of hydrogen-bond donors (Lipinski definition) is 2. The van der Waals surface area contributed by atoms with Crippen molar-refractivity contribution in [3.8, 4) is 0 Å². The summed E-state index contributed by atoms with van der Waals surface area (Å²) in [6.07, 6.45) is 6.09. The van der Waals surface area contributed by atoms with E-state index in [-0.39, 0.29) is 12.1 Å². The number of halogens is 1. The lowest BCUT2D eigenvalue weighted by molar-refractivity contribution is -0.00535. The normalized spacial score (nSPS) is 19.4. The Hall–Kier alpha value is -1.90. The fourth-order valence-electron chi connectivity index (χ4n) is 3.25. The summed E-state index contributed by atoms with van der Waals surface area (Å²) in [5.74, 6) is 0.939. The number of rotatable bonds is 2. The number of nitrogens with zero attached hydrogens (tertiary/aromatic N) is 5. The highest BCUT2D eigenvalue weighted by atomic mass is 35.5. The third-order valence-corrected chi connectivity index (χ3v) is 4.94. The smallest absolute Gasteiger partial charge is 0.222 e. The summed E-state index contributed by atoms with van der Waals surface area (Å²) in [5, 5.41) is 9.31. The topological polar surface area (TPSA) is 102 Å². The van der Waals surface area contributed by atoms with Crippen molar-refractivity contribution in [3.63, 3.8) is 0 Å². The van der Waals surface area contributed by atoms with Crippen molar-refractivity contribution in [1.82, 2.24) is 19.5 Å². The maximum absolute atomic E-state index is 8.78. The third-order valence-electron chi connectivity index (χ3n) is 4.68. The molecular weight excluding hydrogens is 368 g/mol. The summed E-state index contributed by atoms with van der Waals surface area (Å²) >= 11 is 6.19. The standard InChI is InChI=1S/C13H17ClN6.C5H10O2/c1-8(2)20-7-17-10-3-4-19(6-11(10)20)12-9(14)5-16-13(15)18-12;6-5-2-1-3-7-4-5/h5,7-8H,3-4,6H2,1-2H3,(H2,15,16,18);5-6H,1-4H2. The third kappa shape index (κ3) is 4.88. The van der Waals surface area contributed by atoms with Gasteiger partial charge >= 0.3 is 0 Å². The highest BCUT2D eigenvalue weighted by Gasteiger charge is 2.24. The molecule has 2 aliphatic rings. The fraction of sp³-hybridized carbons (Fsp3) is 0.611. The molecule has 27 heavy (non-hydrogen) atoms. The number of anilines is 2. The average Bonchev–Trinajstić information content (AvgIpc) is 3.08. The maximum Gasteiger partial charge on any atom is 0.222 e. The van der Waals surface area contributed by atoms with Gasteiger partial charge in [-0.2, -0.15) is 4.98 Å². The molecule has 0 aromatic carbocycles. The highest BCUT2D eigenvalue weighted by molar-refractivity contribution is 6.32. The van der Waals surface area contributed by atoms with Crippen LogP contribution in [-0.2, 0) is 17.7 Å². The molecule has 9 heteroatoms. The lowest BCUT2D eigenvalue weighted by Crippen LogP contribution is -2.33. The first-order chi connectivity index (χ1) is 13.0. The number of hydrogen-bond acceptors (Lipinski definition) is 7. The molecule has 0 radical (unpaired) electrons. The van der Waals surface area contributed by atoms with Crippen LogP contribution in [0, 0.1) is 0 Å². The predicted molar refractivity (Wildman–Crippen MR) is 105 cm³/mol. The Balaban J connectivity index is 0.000000253. The van der Waals surface area contributed by atoms with Crippen LogP contribution in [0.25, 0.3) is 0 Å². The lowest BCUT2D eigenvalue weighted by atomic mass is 10.1. The van der Waals surface area contributed by atoms with E-state index in [4.69, 9.17) is 27.2 Å². The Bertz CT molecular complexity index is 760. The molecule has 0 amide bonds. The molecule has 2 aliphatic heterocycles. The summed E-state index contributed by atoms with van der Waals surface area (Å²) in [7, 11) is 0. The minimum absolute atomic E-state index is 0.186. The van der Waals surface area contributed by atoms with Gasteiger partial charge < -0.3 is 25.0 Å². The van der Waals surface area contributed by atoms with Gasteiger partial charge in [-0.15, -0.1) is 0 Å². The van der Waals surface area contributed by atoms with Gasteiger partial charge in [-0.25, -0.2) is 9.97 Å². The first-order valence-corrected chi connectivity index (χ1v) is 9.67. The number of aliphatic hydroxyl groups is 1. The second-order valence-corrected chi connectivity index (χ2v) is 7.49. The number of imidazole rings is 1. The molecule has 0 bridgehead atoms. The molecule has 0 saturated carbocycles. The first-order valence-electron chi connectivity index (χ1n) is 9.29. The van der Waals surface area contributed by atoms with E-state index in [0.29, 0.717) is 23.5 Å². The van der Waals surface area contributed by atoms with Crippen LogP contribution in [0.1, 0.15) is 44.1 Å². The van der Waals surface area contributed by atoms with Gasteiger partial charge in [0.1, 0.15) is 5.02 Å². The first kappa shape index (κ1) is 19.9. The van der Waals surface area contributed by atoms with Crippen molar-refractivity contribution in [2.24, 2.45) is 0 Å². The van der Waals surface area contributed by atoms with Gasteiger partial charge in [0.15, 0.2) is 5.82 Å². The SMILES string of the molecule is CC(C)n1cnc2c1CN(c1nc(N)ncc1Cl)CC2.OC1CCCOC1. The van der Waals surface area contributed by atoms with Crippen molar-refractivity contribution < 1.29 is 9.84 Å². The summed E-state index contributed by atoms with van der Waals surface area (Å²) in [5.41, 5.74) is 8.04. The van der Waals surface area contributed by atoms with Crippen LogP contribution in [0.5, 0.6) is 0 Å². The van der Waals surface area contributed by atoms with Crippen LogP contribution < -0.4 is 10.6 Å². The van der Waals surface area contributed by atoms with Crippen LogP contribution in [0.3, 0.4) is 0 Å². The summed E-state index contributed by atoms with van der Waals surface area (Å²) in [4.78, 5) is 14.8. The Morgan fingerprint density at radius 3 is 2.81 bits per heavy atom. The number of nitrogens with two attached hydrogens (primary N) is 1. The molecule has 8 nitrogen and oxygen atoms in total. The molecule has 4 rings (SSSR count). The molecule has 1 atom stereocenters. The molecular formula is C18H27ClN6O2. The Kier molecular flexibility index (Phi) is 6.51. The van der Waals surface area contributed by atoms with E-state index in [1.165, 1.54) is 5.69 Å². The van der Waals surface area contributed by atoms with Gasteiger partial charge in [0.2, 0.25) is 5.95 Å². The zero-order chi connectivity index (χ0) is 19.4. The zero-order valence-electron chi connectivity index (χ0n) is 15.8. The van der Waals surface area contributed by atoms with E-state index >= 15 is 0 Å². The average molecular weight is 395 g/mol. The molecule has 0 aliphatic carbocycles. The van der Waals surface area contributed by atoms with E-state index in [2.05, 4.69) is 38.3 Å². The number of fused-ring (bicyclic) bond motifs is 1. The molecule has 0 spiro atoms. The van der Waals surface area contributed by atoms with Crippen LogP contribution in [0.4, 0.5) is 11.8 Å². The number of aromatic nitrogens is 4. The van der Waals surface area contributed by atoms with Crippen molar-refractivity contribution in [2.75, 3.05) is 30.4 Å². The minimum Gasteiger partial charge on any atom is -0.391 e. The van der Waals surface area contributed by atoms with Crippen LogP contribution in [0.15, 0.2) is 12.5 Å². The summed E-state index contributed by atoms with van der Waals surface area (Å²) in [6.45, 7) is 7.24. The molecule has 148 valence electrons. The van der Waals surface area contributed by atoms with Crippen LogP contribution in [-0.4, -0.2) is 50.5 Å². The summed E-state index contributed by atoms with van der Waals surface area (Å²) < 4.78 is 7.13. The monoisotopic (exact) mass is 394 g/mol. The van der Waals surface area contributed by atoms with Crippen molar-refractivity contribution in [1.29, 1.82) is 0 Å². The van der Waals surface area contributed by atoms with E-state index in [0.717, 1.165) is 44.7 Å². The molecule has 2 aromatic rings. The number of aliphatic hydroxyl groups excluding tert-OH is 1. The Labute approximate surface area is 164 Å². The Morgan fingerprint density at radius 1 is 1.37 bits per heavy atom. The molecule has 1 unspecified atom stereocenters. The van der Waals surface area contributed by atoms with E-state index in [1.54, 1.807) is 6.20 Å². The molecule has 3 N–H and O–H groups in total. The van der Waals surface area contributed by atoms with E-state index < -0.39 is 0 Å². The van der Waals surface area contributed by atoms with Crippen molar-refractivity contribution >= 4 is 23.4 Å². The highest BCUT2D eigenvalue weighted by Crippen LogP contribution is 2.29. The Morgan fingerprint density at radius 2 is 2.19 bits per heavy atom. The molecule has 4 heterocycles. The van der Waals surface area contributed by atoms with Crippen LogP contribution >= 0.6 is 11.6 Å². The van der Waals surface area contributed by atoms with Gasteiger partial charge in [-0.1, -0.05) is 11.6 Å². The van der Waals surface area contributed by atoms with Crippen molar-refractivity contribution in [2.45, 2.75) is 51.8 Å². The largest absolute Gasteiger partial charge is 0.391 e.